The van der Waals surface area contributed by atoms with Gasteiger partial charge in [-0.3, -0.25) is 14.4 Å². The first kappa shape index (κ1) is 18.7. The van der Waals surface area contributed by atoms with Gasteiger partial charge in [-0.15, -0.1) is 11.3 Å². The summed E-state index contributed by atoms with van der Waals surface area (Å²) in [6.07, 6.45) is 1.75. The molecule has 4 rings (SSSR count). The molecule has 1 aromatic carbocycles. The molecule has 2 aromatic rings. The normalized spacial score (nSPS) is 22.1. The van der Waals surface area contributed by atoms with E-state index in [1.807, 2.05) is 19.1 Å². The van der Waals surface area contributed by atoms with Gasteiger partial charge in [0.15, 0.2) is 0 Å². The van der Waals surface area contributed by atoms with Gasteiger partial charge in [0, 0.05) is 54.3 Å². The minimum atomic E-state index is -0.149. The van der Waals surface area contributed by atoms with Crippen LogP contribution >= 0.6 is 11.3 Å². The van der Waals surface area contributed by atoms with Gasteiger partial charge in [-0.2, -0.15) is 0 Å². The Morgan fingerprint density at radius 1 is 1.32 bits per heavy atom. The summed E-state index contributed by atoms with van der Waals surface area (Å²) in [4.78, 5) is 39.2. The third-order valence-electron chi connectivity index (χ3n) is 5.32. The number of piperidine rings is 1. The zero-order chi connectivity index (χ0) is 19.8. The molecule has 2 aliphatic rings. The van der Waals surface area contributed by atoms with Crippen LogP contribution in [-0.2, 0) is 4.79 Å². The zero-order valence-electron chi connectivity index (χ0n) is 16.0. The van der Waals surface area contributed by atoms with Gasteiger partial charge >= 0.3 is 0 Å². The molecule has 3 amide bonds. The number of fused-ring (bicyclic) bond motifs is 3. The second kappa shape index (κ2) is 7.43. The van der Waals surface area contributed by atoms with Crippen molar-refractivity contribution in [3.05, 3.63) is 28.6 Å². The smallest absolute Gasteiger partial charge is 0.263 e. The van der Waals surface area contributed by atoms with Crippen LogP contribution in [0.1, 0.15) is 46.7 Å². The number of anilines is 1. The molecule has 0 spiro atoms. The van der Waals surface area contributed by atoms with Gasteiger partial charge < -0.3 is 20.9 Å². The molecule has 3 N–H and O–H groups in total. The highest BCUT2D eigenvalue weighted by Crippen LogP contribution is 2.37. The molecule has 28 heavy (non-hydrogen) atoms. The van der Waals surface area contributed by atoms with Gasteiger partial charge in [0.1, 0.15) is 4.88 Å². The number of carbonyl (C=O) groups excluding carboxylic acids is 3. The Morgan fingerprint density at radius 3 is 2.93 bits per heavy atom. The predicted octanol–water partition coefficient (Wildman–Crippen LogP) is 2.19. The highest BCUT2D eigenvalue weighted by atomic mass is 32.1. The summed E-state index contributed by atoms with van der Waals surface area (Å²) in [7, 11) is 0. The number of amides is 3. The fourth-order valence-electron chi connectivity index (χ4n) is 3.82. The molecule has 1 aromatic heterocycles. The van der Waals surface area contributed by atoms with Crippen molar-refractivity contribution in [3.63, 3.8) is 0 Å². The number of nitrogens with zero attached hydrogens (tertiary/aromatic N) is 1. The summed E-state index contributed by atoms with van der Waals surface area (Å²) in [6, 6.07) is 5.54. The first-order valence-electron chi connectivity index (χ1n) is 9.60. The van der Waals surface area contributed by atoms with Crippen LogP contribution in [-0.4, -0.2) is 54.3 Å². The molecule has 0 aliphatic carbocycles. The SMILES string of the molecule is CC(=O)N1CCC[C@@H](NC(=O)c2ccc3sc4c(c3c2)NC[C@@H](C)NC4=O)C1. The molecule has 0 unspecified atom stereocenters. The summed E-state index contributed by atoms with van der Waals surface area (Å²) >= 11 is 1.43. The number of carbonyl (C=O) groups is 3. The van der Waals surface area contributed by atoms with E-state index in [1.54, 1.807) is 17.9 Å². The van der Waals surface area contributed by atoms with Gasteiger partial charge in [0.05, 0.1) is 5.69 Å². The Bertz CT molecular complexity index is 954. The molecule has 3 heterocycles. The van der Waals surface area contributed by atoms with Crippen molar-refractivity contribution < 1.29 is 14.4 Å². The van der Waals surface area contributed by atoms with Crippen LogP contribution in [0.25, 0.3) is 10.1 Å². The molecule has 2 aliphatic heterocycles. The predicted molar refractivity (Wildman–Crippen MR) is 110 cm³/mol. The maximum Gasteiger partial charge on any atom is 0.263 e. The Labute approximate surface area is 167 Å². The van der Waals surface area contributed by atoms with Crippen LogP contribution < -0.4 is 16.0 Å². The van der Waals surface area contributed by atoms with E-state index in [1.165, 1.54) is 11.3 Å². The number of nitrogens with one attached hydrogen (secondary N) is 3. The Morgan fingerprint density at radius 2 is 2.14 bits per heavy atom. The maximum absolute atomic E-state index is 12.8. The number of likely N-dealkylation sites (tertiary alicyclic amines) is 1. The number of benzene rings is 1. The molecule has 2 atom stereocenters. The van der Waals surface area contributed by atoms with Crippen LogP contribution in [0.3, 0.4) is 0 Å². The van der Waals surface area contributed by atoms with E-state index in [4.69, 9.17) is 0 Å². The lowest BCUT2D eigenvalue weighted by Crippen LogP contribution is -2.49. The molecular formula is C20H24N4O3S. The van der Waals surface area contributed by atoms with Gasteiger partial charge in [0.25, 0.3) is 11.8 Å². The van der Waals surface area contributed by atoms with Crippen molar-refractivity contribution in [2.24, 2.45) is 0 Å². The number of rotatable bonds is 2. The summed E-state index contributed by atoms with van der Waals surface area (Å²) in [5.41, 5.74) is 1.37. The second-order valence-electron chi connectivity index (χ2n) is 7.55. The molecule has 8 heteroatoms. The van der Waals surface area contributed by atoms with E-state index in [0.717, 1.165) is 35.2 Å². The average molecular weight is 401 g/mol. The number of thiophene rings is 1. The Kier molecular flexibility index (Phi) is 4.97. The minimum absolute atomic E-state index is 0.0369. The molecule has 1 saturated heterocycles. The third kappa shape index (κ3) is 3.56. The van der Waals surface area contributed by atoms with Crippen molar-refractivity contribution in [2.45, 2.75) is 38.8 Å². The van der Waals surface area contributed by atoms with Crippen LogP contribution in [0.2, 0.25) is 0 Å². The number of hydrogen-bond acceptors (Lipinski definition) is 5. The van der Waals surface area contributed by atoms with E-state index in [-0.39, 0.29) is 29.8 Å². The Hall–Kier alpha value is -2.61. The fraction of sp³-hybridized carbons (Fsp3) is 0.450. The van der Waals surface area contributed by atoms with Crippen LogP contribution in [0.15, 0.2) is 18.2 Å². The van der Waals surface area contributed by atoms with Crippen LogP contribution in [0.5, 0.6) is 0 Å². The lowest BCUT2D eigenvalue weighted by atomic mass is 10.0. The van der Waals surface area contributed by atoms with E-state index < -0.39 is 0 Å². The zero-order valence-corrected chi connectivity index (χ0v) is 16.8. The molecule has 1 fully saturated rings. The monoisotopic (exact) mass is 400 g/mol. The minimum Gasteiger partial charge on any atom is -0.381 e. The van der Waals surface area contributed by atoms with Crippen molar-refractivity contribution in [2.75, 3.05) is 25.0 Å². The van der Waals surface area contributed by atoms with Crippen molar-refractivity contribution in [3.8, 4) is 0 Å². The first-order valence-corrected chi connectivity index (χ1v) is 10.4. The third-order valence-corrected chi connectivity index (χ3v) is 6.49. The molecule has 7 nitrogen and oxygen atoms in total. The van der Waals surface area contributed by atoms with Gasteiger partial charge in [-0.05, 0) is 38.0 Å². The summed E-state index contributed by atoms with van der Waals surface area (Å²) in [5, 5.41) is 10.3. The molecule has 0 radical (unpaired) electrons. The van der Waals surface area contributed by atoms with Gasteiger partial charge in [0.2, 0.25) is 5.91 Å². The highest BCUT2D eigenvalue weighted by Gasteiger charge is 2.26. The highest BCUT2D eigenvalue weighted by molar-refractivity contribution is 7.21. The van der Waals surface area contributed by atoms with E-state index >= 15 is 0 Å². The van der Waals surface area contributed by atoms with Gasteiger partial charge in [-0.25, -0.2) is 0 Å². The van der Waals surface area contributed by atoms with E-state index in [2.05, 4.69) is 16.0 Å². The maximum atomic E-state index is 12.8. The fourth-order valence-corrected chi connectivity index (χ4v) is 4.88. The standard InChI is InChI=1S/C20H24N4O3S/c1-11-9-21-17-15-8-13(5-6-16(15)28-18(17)20(27)22-11)19(26)23-14-4-3-7-24(10-14)12(2)25/h5-6,8,11,14,21H,3-4,7,9-10H2,1-2H3,(H,22,27)(H,23,26)/t11-,14-/m1/s1. The summed E-state index contributed by atoms with van der Waals surface area (Å²) in [5.74, 6) is -0.185. The molecule has 0 saturated carbocycles. The van der Waals surface area contributed by atoms with Crippen molar-refractivity contribution in [1.82, 2.24) is 15.5 Å². The lowest BCUT2D eigenvalue weighted by molar-refractivity contribution is -0.130. The average Bonchev–Trinajstić information content (AvgIpc) is 2.97. The number of hydrogen-bond donors (Lipinski definition) is 3. The first-order chi connectivity index (χ1) is 13.4. The van der Waals surface area contributed by atoms with Crippen LogP contribution in [0, 0.1) is 0 Å². The van der Waals surface area contributed by atoms with Crippen molar-refractivity contribution >= 4 is 44.8 Å². The van der Waals surface area contributed by atoms with Gasteiger partial charge in [-0.1, -0.05) is 0 Å². The van der Waals surface area contributed by atoms with E-state index in [0.29, 0.717) is 23.5 Å². The largest absolute Gasteiger partial charge is 0.381 e. The Balaban J connectivity index is 1.57. The van der Waals surface area contributed by atoms with Crippen LogP contribution in [0.4, 0.5) is 5.69 Å². The summed E-state index contributed by atoms with van der Waals surface area (Å²) in [6.45, 7) is 5.46. The molecular weight excluding hydrogens is 376 g/mol. The summed E-state index contributed by atoms with van der Waals surface area (Å²) < 4.78 is 0.971. The topological polar surface area (TPSA) is 90.5 Å². The van der Waals surface area contributed by atoms with E-state index in [9.17, 15) is 14.4 Å². The van der Waals surface area contributed by atoms with Crippen molar-refractivity contribution in [1.29, 1.82) is 0 Å². The quantitative estimate of drug-likeness (QED) is 0.721. The second-order valence-corrected chi connectivity index (χ2v) is 8.60. The lowest BCUT2D eigenvalue weighted by Gasteiger charge is -2.32. The molecule has 0 bridgehead atoms. The molecule has 148 valence electrons.